The first-order valence-corrected chi connectivity index (χ1v) is 13.9. The number of aliphatic hydroxyl groups is 1. The highest BCUT2D eigenvalue weighted by Crippen LogP contribution is 2.38. The zero-order chi connectivity index (χ0) is 28.6. The van der Waals surface area contributed by atoms with Gasteiger partial charge in [-0.1, -0.05) is 49.8 Å². The Morgan fingerprint density at radius 1 is 1.02 bits per heavy atom. The summed E-state index contributed by atoms with van der Waals surface area (Å²) in [7, 11) is 0. The predicted octanol–water partition coefficient (Wildman–Crippen LogP) is 3.53. The average Bonchev–Trinajstić information content (AvgIpc) is 3.48. The van der Waals surface area contributed by atoms with E-state index in [1.807, 2.05) is 44.2 Å². The second-order valence-corrected chi connectivity index (χ2v) is 11.3. The van der Waals surface area contributed by atoms with Gasteiger partial charge in [0.15, 0.2) is 5.72 Å². The van der Waals surface area contributed by atoms with Crippen LogP contribution in [0.1, 0.15) is 73.1 Å². The molecule has 5 rings (SSSR count). The summed E-state index contributed by atoms with van der Waals surface area (Å²) in [5.74, 6) is -2.56. The fourth-order valence-electron chi connectivity index (χ4n) is 6.04. The van der Waals surface area contributed by atoms with E-state index in [1.165, 1.54) is 0 Å². The van der Waals surface area contributed by atoms with Crippen molar-refractivity contribution in [3.63, 3.8) is 0 Å². The topological polar surface area (TPSA) is 136 Å². The average molecular weight is 546 g/mol. The molecule has 3 atom stereocenters. The standard InChI is InChI=1S/C31H35N3O6/c1-18(2)15-26(27(35)33-31(40)13-6-10-19-9-5-11-24(19)31)32-25(30(38)39)12-14-34-28(36)22-16-20-7-3-4-8-21(20)17-23(22)29(34)37/h3-4,6-8,13,16-18,25-26,32,40H,5,9-12,14-15H2,1-2H3,(H,33,35)(H,38,39)/t25-,26+,31-/m1/s1. The third kappa shape index (κ3) is 5.31. The molecule has 3 aliphatic rings. The molecule has 0 saturated heterocycles. The van der Waals surface area contributed by atoms with Crippen molar-refractivity contribution in [3.8, 4) is 0 Å². The van der Waals surface area contributed by atoms with Crippen molar-refractivity contribution in [1.29, 1.82) is 0 Å². The highest BCUT2D eigenvalue weighted by Gasteiger charge is 2.40. The molecule has 4 N–H and O–H groups in total. The first kappa shape index (κ1) is 27.7. The zero-order valence-corrected chi connectivity index (χ0v) is 22.8. The molecule has 210 valence electrons. The summed E-state index contributed by atoms with van der Waals surface area (Å²) in [6.07, 6.45) is 6.97. The van der Waals surface area contributed by atoms with Crippen LogP contribution in [-0.4, -0.2) is 63.2 Å². The van der Waals surface area contributed by atoms with Crippen LogP contribution in [0.15, 0.2) is 59.7 Å². The molecule has 0 bridgehead atoms. The lowest BCUT2D eigenvalue weighted by molar-refractivity contribution is -0.140. The molecular weight excluding hydrogens is 510 g/mol. The van der Waals surface area contributed by atoms with Crippen LogP contribution in [0.5, 0.6) is 0 Å². The number of imide groups is 1. The van der Waals surface area contributed by atoms with Gasteiger partial charge in [0, 0.05) is 6.54 Å². The second kappa shape index (κ2) is 11.0. The van der Waals surface area contributed by atoms with Crippen molar-refractivity contribution in [1.82, 2.24) is 15.5 Å². The van der Waals surface area contributed by atoms with Crippen LogP contribution in [0.25, 0.3) is 10.8 Å². The number of amides is 3. The minimum absolute atomic E-state index is 0.0564. The van der Waals surface area contributed by atoms with Gasteiger partial charge in [-0.3, -0.25) is 29.4 Å². The lowest BCUT2D eigenvalue weighted by Gasteiger charge is -2.34. The van der Waals surface area contributed by atoms with Crippen molar-refractivity contribution in [2.75, 3.05) is 6.54 Å². The summed E-state index contributed by atoms with van der Waals surface area (Å²) >= 11 is 0. The summed E-state index contributed by atoms with van der Waals surface area (Å²) in [5.41, 5.74) is 0.973. The fraction of sp³-hybridized carbons (Fsp3) is 0.419. The van der Waals surface area contributed by atoms with Gasteiger partial charge in [-0.2, -0.15) is 0 Å². The van der Waals surface area contributed by atoms with E-state index < -0.39 is 41.5 Å². The van der Waals surface area contributed by atoms with Crippen molar-refractivity contribution >= 4 is 34.5 Å². The Morgan fingerprint density at radius 3 is 2.27 bits per heavy atom. The van der Waals surface area contributed by atoms with Crippen molar-refractivity contribution < 1.29 is 29.4 Å². The normalized spacial score (nSPS) is 21.6. The van der Waals surface area contributed by atoms with Crippen LogP contribution < -0.4 is 10.6 Å². The molecule has 9 heteroatoms. The second-order valence-electron chi connectivity index (χ2n) is 11.3. The van der Waals surface area contributed by atoms with Gasteiger partial charge < -0.3 is 15.5 Å². The molecule has 0 unspecified atom stereocenters. The molecule has 3 amide bonds. The van der Waals surface area contributed by atoms with E-state index in [1.54, 1.807) is 18.2 Å². The largest absolute Gasteiger partial charge is 0.480 e. The molecule has 0 spiro atoms. The maximum Gasteiger partial charge on any atom is 0.320 e. The highest BCUT2D eigenvalue weighted by atomic mass is 16.4. The quantitative estimate of drug-likeness (QED) is 0.204. The fourth-order valence-corrected chi connectivity index (χ4v) is 6.04. The number of aliphatic carboxylic acids is 1. The molecule has 0 radical (unpaired) electrons. The number of nitrogens with zero attached hydrogens (tertiary/aromatic N) is 1. The minimum Gasteiger partial charge on any atom is -0.480 e. The van der Waals surface area contributed by atoms with Crippen LogP contribution >= 0.6 is 0 Å². The Kier molecular flexibility index (Phi) is 7.61. The molecule has 2 aliphatic carbocycles. The van der Waals surface area contributed by atoms with Gasteiger partial charge >= 0.3 is 5.97 Å². The number of carboxylic acids is 1. The summed E-state index contributed by atoms with van der Waals surface area (Å²) in [5, 5.41) is 28.7. The van der Waals surface area contributed by atoms with Crippen LogP contribution in [-0.2, 0) is 9.59 Å². The van der Waals surface area contributed by atoms with E-state index in [0.29, 0.717) is 24.0 Å². The van der Waals surface area contributed by atoms with Gasteiger partial charge in [0.2, 0.25) is 5.91 Å². The van der Waals surface area contributed by atoms with Gasteiger partial charge in [0.25, 0.3) is 11.8 Å². The molecule has 0 saturated carbocycles. The number of rotatable bonds is 10. The van der Waals surface area contributed by atoms with Gasteiger partial charge in [-0.05, 0) is 79.0 Å². The molecule has 9 nitrogen and oxygen atoms in total. The van der Waals surface area contributed by atoms with Gasteiger partial charge in [0.05, 0.1) is 17.2 Å². The zero-order valence-electron chi connectivity index (χ0n) is 22.8. The van der Waals surface area contributed by atoms with Crippen LogP contribution in [0.4, 0.5) is 0 Å². The molecule has 2 aromatic carbocycles. The number of fused-ring (bicyclic) bond motifs is 2. The lowest BCUT2D eigenvalue weighted by Crippen LogP contribution is -2.58. The van der Waals surface area contributed by atoms with E-state index >= 15 is 0 Å². The number of benzene rings is 2. The Labute approximate surface area is 232 Å². The molecule has 2 aromatic rings. The van der Waals surface area contributed by atoms with Crippen molar-refractivity contribution in [3.05, 3.63) is 70.8 Å². The lowest BCUT2D eigenvalue weighted by atomic mass is 9.91. The number of carbonyl (C=O) groups is 4. The van der Waals surface area contributed by atoms with E-state index in [0.717, 1.165) is 46.1 Å². The number of hydrogen-bond acceptors (Lipinski definition) is 6. The minimum atomic E-state index is -1.58. The Morgan fingerprint density at radius 2 is 1.68 bits per heavy atom. The number of hydrogen-bond donors (Lipinski definition) is 4. The van der Waals surface area contributed by atoms with Crippen molar-refractivity contribution in [2.24, 2.45) is 5.92 Å². The third-order valence-electron chi connectivity index (χ3n) is 8.03. The van der Waals surface area contributed by atoms with Crippen molar-refractivity contribution in [2.45, 2.75) is 70.2 Å². The summed E-state index contributed by atoms with van der Waals surface area (Å²) < 4.78 is 0. The van der Waals surface area contributed by atoms with E-state index in [-0.39, 0.29) is 18.9 Å². The SMILES string of the molecule is CC(C)C[C@H](N[C@H](CCN1C(=O)c2cc3ccccc3cc2C1=O)C(=O)O)C(=O)N[C@@]1(O)C=CCC2=C1CCC2. The molecule has 0 aromatic heterocycles. The van der Waals surface area contributed by atoms with Crippen LogP contribution in [0.3, 0.4) is 0 Å². The monoisotopic (exact) mass is 545 g/mol. The van der Waals surface area contributed by atoms with E-state index in [4.69, 9.17) is 0 Å². The predicted molar refractivity (Wildman–Crippen MR) is 149 cm³/mol. The Hall–Kier alpha value is -3.82. The van der Waals surface area contributed by atoms with E-state index in [9.17, 15) is 29.4 Å². The number of carboxylic acid groups (broad SMARTS) is 1. The van der Waals surface area contributed by atoms with Crippen LogP contribution in [0.2, 0.25) is 0 Å². The molecule has 40 heavy (non-hydrogen) atoms. The summed E-state index contributed by atoms with van der Waals surface area (Å²) in [4.78, 5) is 52.9. The smallest absolute Gasteiger partial charge is 0.320 e. The Balaban J connectivity index is 1.29. The van der Waals surface area contributed by atoms with Crippen LogP contribution in [0, 0.1) is 5.92 Å². The maximum atomic E-state index is 13.4. The first-order chi connectivity index (χ1) is 19.1. The Bertz CT molecular complexity index is 1390. The molecule has 1 heterocycles. The van der Waals surface area contributed by atoms with Gasteiger partial charge in [-0.25, -0.2) is 0 Å². The summed E-state index contributed by atoms with van der Waals surface area (Å²) in [6.45, 7) is 3.73. The first-order valence-electron chi connectivity index (χ1n) is 13.9. The van der Waals surface area contributed by atoms with E-state index in [2.05, 4.69) is 10.6 Å². The molecule has 0 fully saturated rings. The number of carbonyl (C=O) groups excluding carboxylic acids is 3. The molecular formula is C31H35N3O6. The summed E-state index contributed by atoms with van der Waals surface area (Å²) in [6, 6.07) is 8.72. The van der Waals surface area contributed by atoms with Gasteiger partial charge in [0.1, 0.15) is 6.04 Å². The number of nitrogens with one attached hydrogen (secondary N) is 2. The maximum absolute atomic E-state index is 13.4. The number of allylic oxidation sites excluding steroid dienone is 2. The van der Waals surface area contributed by atoms with Gasteiger partial charge in [-0.15, -0.1) is 0 Å². The molecule has 1 aliphatic heterocycles. The highest BCUT2D eigenvalue weighted by molar-refractivity contribution is 6.23. The third-order valence-corrected chi connectivity index (χ3v) is 8.03.